The molecule has 0 spiro atoms. The van der Waals surface area contributed by atoms with Gasteiger partial charge in [0, 0.05) is 17.3 Å². The third-order valence-corrected chi connectivity index (χ3v) is 4.46. The molecule has 0 unspecified atom stereocenters. The molecule has 5 nitrogen and oxygen atoms in total. The number of amides is 1. The molecule has 1 atom stereocenters. The number of methoxy groups -OCH3 is 2. The van der Waals surface area contributed by atoms with E-state index < -0.39 is 5.91 Å². The molecule has 0 saturated carbocycles. The lowest BCUT2D eigenvalue weighted by atomic mass is 9.98. The van der Waals surface area contributed by atoms with Gasteiger partial charge in [0.2, 0.25) is 0 Å². The van der Waals surface area contributed by atoms with E-state index in [2.05, 4.69) is 19.2 Å². The van der Waals surface area contributed by atoms with Gasteiger partial charge >= 0.3 is 0 Å². The zero-order valence-corrected chi connectivity index (χ0v) is 16.1. The molecule has 0 aliphatic rings. The highest BCUT2D eigenvalue weighted by Crippen LogP contribution is 2.27. The number of ether oxygens (including phenoxy) is 2. The largest absolute Gasteiger partial charge is 0.497 e. The molecule has 0 fully saturated rings. The van der Waals surface area contributed by atoms with Crippen molar-refractivity contribution in [2.45, 2.75) is 26.2 Å². The number of nitriles is 1. The second-order valence-corrected chi connectivity index (χ2v) is 6.16. The van der Waals surface area contributed by atoms with E-state index in [-0.39, 0.29) is 5.57 Å². The molecular weight excluding hydrogens is 340 g/mol. The van der Waals surface area contributed by atoms with Crippen LogP contribution in [-0.2, 0) is 4.79 Å². The van der Waals surface area contributed by atoms with Crippen LogP contribution in [-0.4, -0.2) is 20.1 Å². The Bertz CT molecular complexity index is 864. The Balaban J connectivity index is 2.21. The predicted molar refractivity (Wildman–Crippen MR) is 107 cm³/mol. The fraction of sp³-hybridized carbons (Fsp3) is 0.273. The first kappa shape index (κ1) is 20.1. The van der Waals surface area contributed by atoms with Crippen molar-refractivity contribution in [1.82, 2.24) is 0 Å². The summed E-state index contributed by atoms with van der Waals surface area (Å²) in [7, 11) is 3.09. The molecular formula is C22H24N2O3. The molecule has 0 bridgehead atoms. The van der Waals surface area contributed by atoms with Gasteiger partial charge in [-0.1, -0.05) is 26.0 Å². The monoisotopic (exact) mass is 364 g/mol. The highest BCUT2D eigenvalue weighted by atomic mass is 16.5. The van der Waals surface area contributed by atoms with E-state index in [1.54, 1.807) is 25.3 Å². The number of carbonyl (C=O) groups excluding carboxylic acids is 1. The van der Waals surface area contributed by atoms with Crippen molar-refractivity contribution in [1.29, 1.82) is 5.26 Å². The number of nitrogens with one attached hydrogen (secondary N) is 1. The fourth-order valence-corrected chi connectivity index (χ4v) is 2.57. The molecule has 0 saturated heterocycles. The van der Waals surface area contributed by atoms with Crippen molar-refractivity contribution in [2.75, 3.05) is 19.5 Å². The average molecular weight is 364 g/mol. The van der Waals surface area contributed by atoms with Crippen molar-refractivity contribution >= 4 is 17.7 Å². The van der Waals surface area contributed by atoms with E-state index in [0.29, 0.717) is 28.7 Å². The second kappa shape index (κ2) is 9.44. The van der Waals surface area contributed by atoms with E-state index in [1.165, 1.54) is 18.7 Å². The van der Waals surface area contributed by atoms with Crippen molar-refractivity contribution < 1.29 is 14.3 Å². The topological polar surface area (TPSA) is 71.4 Å². The van der Waals surface area contributed by atoms with E-state index in [0.717, 1.165) is 6.42 Å². The molecule has 0 radical (unpaired) electrons. The van der Waals surface area contributed by atoms with Gasteiger partial charge in [-0.2, -0.15) is 5.26 Å². The molecule has 1 amide bonds. The molecule has 0 aromatic heterocycles. The van der Waals surface area contributed by atoms with Crippen LogP contribution in [0.1, 0.15) is 37.3 Å². The van der Waals surface area contributed by atoms with E-state index in [1.807, 2.05) is 30.3 Å². The number of benzene rings is 2. The summed E-state index contributed by atoms with van der Waals surface area (Å²) in [6.07, 6.45) is 2.55. The van der Waals surface area contributed by atoms with Crippen LogP contribution >= 0.6 is 0 Å². The molecule has 5 heteroatoms. The summed E-state index contributed by atoms with van der Waals surface area (Å²) >= 11 is 0. The minimum absolute atomic E-state index is 0.00975. The van der Waals surface area contributed by atoms with E-state index in [4.69, 9.17) is 9.47 Å². The average Bonchev–Trinajstić information content (AvgIpc) is 2.71. The molecule has 140 valence electrons. The summed E-state index contributed by atoms with van der Waals surface area (Å²) in [5, 5.41) is 12.2. The molecule has 1 N–H and O–H groups in total. The smallest absolute Gasteiger partial charge is 0.266 e. The van der Waals surface area contributed by atoms with Gasteiger partial charge in [0.25, 0.3) is 5.91 Å². The van der Waals surface area contributed by atoms with Crippen molar-refractivity contribution in [2.24, 2.45) is 0 Å². The summed E-state index contributed by atoms with van der Waals surface area (Å²) in [6, 6.07) is 14.8. The van der Waals surface area contributed by atoms with Gasteiger partial charge in [-0.3, -0.25) is 4.79 Å². The van der Waals surface area contributed by atoms with Crippen molar-refractivity contribution in [3.63, 3.8) is 0 Å². The van der Waals surface area contributed by atoms with Crippen LogP contribution in [0.25, 0.3) is 6.08 Å². The van der Waals surface area contributed by atoms with Gasteiger partial charge in [-0.25, -0.2) is 0 Å². The van der Waals surface area contributed by atoms with Crippen LogP contribution < -0.4 is 14.8 Å². The quantitative estimate of drug-likeness (QED) is 0.568. The lowest BCUT2D eigenvalue weighted by Gasteiger charge is -2.11. The number of hydrogen-bond donors (Lipinski definition) is 1. The first-order valence-corrected chi connectivity index (χ1v) is 8.77. The molecule has 2 aromatic rings. The van der Waals surface area contributed by atoms with Crippen molar-refractivity contribution in [3.05, 3.63) is 59.2 Å². The lowest BCUT2D eigenvalue weighted by Crippen LogP contribution is -2.13. The second-order valence-electron chi connectivity index (χ2n) is 6.16. The minimum Gasteiger partial charge on any atom is -0.497 e. The Morgan fingerprint density at radius 1 is 1.19 bits per heavy atom. The third-order valence-electron chi connectivity index (χ3n) is 4.46. The fourth-order valence-electron chi connectivity index (χ4n) is 2.57. The first-order valence-electron chi connectivity index (χ1n) is 8.77. The molecule has 2 aromatic carbocycles. The van der Waals surface area contributed by atoms with Crippen LogP contribution in [0.15, 0.2) is 48.0 Å². The minimum atomic E-state index is -0.466. The summed E-state index contributed by atoms with van der Waals surface area (Å²) in [6.45, 7) is 4.30. The zero-order valence-electron chi connectivity index (χ0n) is 16.1. The Morgan fingerprint density at radius 3 is 2.44 bits per heavy atom. The van der Waals surface area contributed by atoms with Gasteiger partial charge in [-0.05, 0) is 48.2 Å². The maximum Gasteiger partial charge on any atom is 0.266 e. The van der Waals surface area contributed by atoms with Crippen LogP contribution in [0, 0.1) is 11.3 Å². The Hall–Kier alpha value is -3.26. The standard InChI is InChI=1S/C22H24N2O3/c1-5-15(2)16-6-9-19(10-7-16)24-22(25)18(14-23)12-17-8-11-20(26-3)13-21(17)27-4/h6-13,15H,5H2,1-4H3,(H,24,25)/b18-12+/t15-/m0/s1. The summed E-state index contributed by atoms with van der Waals surface area (Å²) in [5.41, 5.74) is 2.48. The molecule has 0 aliphatic carbocycles. The Morgan fingerprint density at radius 2 is 1.89 bits per heavy atom. The number of nitrogens with zero attached hydrogens (tertiary/aromatic N) is 1. The molecule has 0 aliphatic heterocycles. The molecule has 0 heterocycles. The zero-order chi connectivity index (χ0) is 19.8. The lowest BCUT2D eigenvalue weighted by molar-refractivity contribution is -0.112. The van der Waals surface area contributed by atoms with Gasteiger partial charge in [0.15, 0.2) is 0 Å². The molecule has 2 rings (SSSR count). The van der Waals surface area contributed by atoms with Gasteiger partial charge < -0.3 is 14.8 Å². The predicted octanol–water partition coefficient (Wildman–Crippen LogP) is 4.76. The normalized spacial score (nSPS) is 12.0. The summed E-state index contributed by atoms with van der Waals surface area (Å²) < 4.78 is 10.5. The maximum atomic E-state index is 12.5. The van der Waals surface area contributed by atoms with Gasteiger partial charge in [0.05, 0.1) is 14.2 Å². The van der Waals surface area contributed by atoms with E-state index in [9.17, 15) is 10.1 Å². The summed E-state index contributed by atoms with van der Waals surface area (Å²) in [5.74, 6) is 1.15. The van der Waals surface area contributed by atoms with Crippen LogP contribution in [0.2, 0.25) is 0 Å². The van der Waals surface area contributed by atoms with Gasteiger partial charge in [-0.15, -0.1) is 0 Å². The molecule has 27 heavy (non-hydrogen) atoms. The van der Waals surface area contributed by atoms with E-state index >= 15 is 0 Å². The Labute approximate surface area is 160 Å². The highest BCUT2D eigenvalue weighted by molar-refractivity contribution is 6.09. The number of anilines is 1. The van der Waals surface area contributed by atoms with Crippen LogP contribution in [0.4, 0.5) is 5.69 Å². The van der Waals surface area contributed by atoms with Crippen LogP contribution in [0.3, 0.4) is 0 Å². The SMILES string of the molecule is CC[C@H](C)c1ccc(NC(=O)/C(C#N)=C/c2ccc(OC)cc2OC)cc1. The van der Waals surface area contributed by atoms with Gasteiger partial charge in [0.1, 0.15) is 23.1 Å². The Kier molecular flexibility index (Phi) is 7.01. The highest BCUT2D eigenvalue weighted by Gasteiger charge is 2.12. The first-order chi connectivity index (χ1) is 13.0. The number of hydrogen-bond acceptors (Lipinski definition) is 4. The number of rotatable bonds is 7. The maximum absolute atomic E-state index is 12.5. The summed E-state index contributed by atoms with van der Waals surface area (Å²) in [4.78, 5) is 12.5. The van der Waals surface area contributed by atoms with Crippen molar-refractivity contribution in [3.8, 4) is 17.6 Å². The third kappa shape index (κ3) is 5.11. The number of carbonyl (C=O) groups is 1. The van der Waals surface area contributed by atoms with Crippen LogP contribution in [0.5, 0.6) is 11.5 Å².